The molecule has 2 amide bonds. The number of anilines is 1. The van der Waals surface area contributed by atoms with E-state index in [-0.39, 0.29) is 24.4 Å². The van der Waals surface area contributed by atoms with Gasteiger partial charge in [-0.1, -0.05) is 5.16 Å². The SMILES string of the molecule is Cc1cc(CNC(=O)NC(C)c2cc(F)ccc2N(C)C)on1. The normalized spacial score (nSPS) is 11.9. The van der Waals surface area contributed by atoms with Crippen LogP contribution in [-0.4, -0.2) is 25.3 Å². The highest BCUT2D eigenvalue weighted by Crippen LogP contribution is 2.25. The third-order valence-electron chi connectivity index (χ3n) is 3.39. The van der Waals surface area contributed by atoms with Gasteiger partial charge in [-0.3, -0.25) is 0 Å². The van der Waals surface area contributed by atoms with Crippen molar-refractivity contribution in [3.8, 4) is 0 Å². The van der Waals surface area contributed by atoms with Gasteiger partial charge in [0.15, 0.2) is 5.76 Å². The number of carbonyl (C=O) groups excluding carboxylic acids is 1. The van der Waals surface area contributed by atoms with E-state index < -0.39 is 0 Å². The van der Waals surface area contributed by atoms with Gasteiger partial charge < -0.3 is 20.1 Å². The lowest BCUT2D eigenvalue weighted by Crippen LogP contribution is -2.37. The van der Waals surface area contributed by atoms with Crippen LogP contribution in [0.3, 0.4) is 0 Å². The van der Waals surface area contributed by atoms with E-state index in [9.17, 15) is 9.18 Å². The van der Waals surface area contributed by atoms with Crippen molar-refractivity contribution >= 4 is 11.7 Å². The molecule has 124 valence electrons. The predicted octanol–water partition coefficient (Wildman–Crippen LogP) is 2.75. The Hall–Kier alpha value is -2.57. The molecule has 23 heavy (non-hydrogen) atoms. The quantitative estimate of drug-likeness (QED) is 0.889. The Morgan fingerprint density at radius 3 is 2.74 bits per heavy atom. The molecule has 1 aromatic heterocycles. The molecule has 1 heterocycles. The van der Waals surface area contributed by atoms with Crippen LogP contribution in [0.25, 0.3) is 0 Å². The first-order chi connectivity index (χ1) is 10.9. The monoisotopic (exact) mass is 320 g/mol. The Labute approximate surface area is 134 Å². The molecule has 1 unspecified atom stereocenters. The van der Waals surface area contributed by atoms with Gasteiger partial charge in [-0.15, -0.1) is 0 Å². The molecule has 0 fully saturated rings. The van der Waals surface area contributed by atoms with Crippen LogP contribution in [0.5, 0.6) is 0 Å². The number of halogens is 1. The van der Waals surface area contributed by atoms with Crippen molar-refractivity contribution in [2.24, 2.45) is 0 Å². The minimum Gasteiger partial charge on any atom is -0.377 e. The lowest BCUT2D eigenvalue weighted by atomic mass is 10.1. The van der Waals surface area contributed by atoms with E-state index in [0.29, 0.717) is 11.3 Å². The van der Waals surface area contributed by atoms with E-state index in [2.05, 4.69) is 15.8 Å². The first kappa shape index (κ1) is 16.8. The molecule has 1 aromatic carbocycles. The maximum Gasteiger partial charge on any atom is 0.315 e. The minimum absolute atomic E-state index is 0.239. The lowest BCUT2D eigenvalue weighted by Gasteiger charge is -2.22. The summed E-state index contributed by atoms with van der Waals surface area (Å²) in [4.78, 5) is 13.9. The molecule has 0 saturated heterocycles. The molecule has 0 aliphatic heterocycles. The van der Waals surface area contributed by atoms with Crippen molar-refractivity contribution < 1.29 is 13.7 Å². The van der Waals surface area contributed by atoms with Crippen molar-refractivity contribution in [3.63, 3.8) is 0 Å². The molecule has 0 spiro atoms. The molecule has 0 aliphatic carbocycles. The van der Waals surface area contributed by atoms with E-state index in [1.807, 2.05) is 25.9 Å². The van der Waals surface area contributed by atoms with Crippen LogP contribution in [0.15, 0.2) is 28.8 Å². The second-order valence-corrected chi connectivity index (χ2v) is 5.58. The van der Waals surface area contributed by atoms with Gasteiger partial charge in [0.25, 0.3) is 0 Å². The Bertz CT molecular complexity index is 684. The van der Waals surface area contributed by atoms with Crippen LogP contribution >= 0.6 is 0 Å². The number of rotatable bonds is 5. The van der Waals surface area contributed by atoms with Gasteiger partial charge in [-0.25, -0.2) is 9.18 Å². The molecule has 2 N–H and O–H groups in total. The van der Waals surface area contributed by atoms with Gasteiger partial charge in [-0.05, 0) is 32.0 Å². The second-order valence-electron chi connectivity index (χ2n) is 5.58. The number of carbonyl (C=O) groups is 1. The Morgan fingerprint density at radius 2 is 2.13 bits per heavy atom. The van der Waals surface area contributed by atoms with Crippen molar-refractivity contribution in [1.82, 2.24) is 15.8 Å². The summed E-state index contributed by atoms with van der Waals surface area (Å²) in [5, 5.41) is 9.23. The van der Waals surface area contributed by atoms with Crippen molar-refractivity contribution in [1.29, 1.82) is 0 Å². The smallest absolute Gasteiger partial charge is 0.315 e. The first-order valence-electron chi connectivity index (χ1n) is 7.30. The Balaban J connectivity index is 1.99. The zero-order chi connectivity index (χ0) is 17.0. The number of hydrogen-bond acceptors (Lipinski definition) is 4. The number of aromatic nitrogens is 1. The third-order valence-corrected chi connectivity index (χ3v) is 3.39. The van der Waals surface area contributed by atoms with Gasteiger partial charge in [0, 0.05) is 31.4 Å². The third kappa shape index (κ3) is 4.45. The molecule has 6 nitrogen and oxygen atoms in total. The summed E-state index contributed by atoms with van der Waals surface area (Å²) in [6.07, 6.45) is 0. The van der Waals surface area contributed by atoms with Gasteiger partial charge in [0.2, 0.25) is 0 Å². The van der Waals surface area contributed by atoms with Crippen LogP contribution in [0.2, 0.25) is 0 Å². The number of benzene rings is 1. The highest BCUT2D eigenvalue weighted by Gasteiger charge is 2.15. The van der Waals surface area contributed by atoms with E-state index in [0.717, 1.165) is 11.4 Å². The molecule has 7 heteroatoms. The number of aryl methyl sites for hydroxylation is 1. The summed E-state index contributed by atoms with van der Waals surface area (Å²) in [7, 11) is 3.74. The molecular weight excluding hydrogens is 299 g/mol. The second kappa shape index (κ2) is 7.13. The predicted molar refractivity (Wildman–Crippen MR) is 85.8 cm³/mol. The van der Waals surface area contributed by atoms with Crippen LogP contribution < -0.4 is 15.5 Å². The number of nitrogens with zero attached hydrogens (tertiary/aromatic N) is 2. The number of amides is 2. The topological polar surface area (TPSA) is 70.4 Å². The fraction of sp³-hybridized carbons (Fsp3) is 0.375. The average Bonchev–Trinajstić information content (AvgIpc) is 2.90. The van der Waals surface area contributed by atoms with Crippen molar-refractivity contribution in [2.75, 3.05) is 19.0 Å². The Kier molecular flexibility index (Phi) is 5.20. The maximum atomic E-state index is 13.5. The zero-order valence-corrected chi connectivity index (χ0v) is 13.7. The summed E-state index contributed by atoms with van der Waals surface area (Å²) in [5.41, 5.74) is 2.32. The summed E-state index contributed by atoms with van der Waals surface area (Å²) < 4.78 is 18.5. The van der Waals surface area contributed by atoms with Gasteiger partial charge >= 0.3 is 6.03 Å². The number of nitrogens with one attached hydrogen (secondary N) is 2. The molecular formula is C16H21FN4O2. The van der Waals surface area contributed by atoms with Crippen LogP contribution in [-0.2, 0) is 6.54 Å². The zero-order valence-electron chi connectivity index (χ0n) is 13.7. The number of hydrogen-bond donors (Lipinski definition) is 2. The fourth-order valence-corrected chi connectivity index (χ4v) is 2.27. The molecule has 1 atom stereocenters. The fourth-order valence-electron chi connectivity index (χ4n) is 2.27. The van der Waals surface area contributed by atoms with E-state index in [1.165, 1.54) is 12.1 Å². The van der Waals surface area contributed by atoms with Crippen LogP contribution in [0.1, 0.15) is 30.0 Å². The maximum absolute atomic E-state index is 13.5. The van der Waals surface area contributed by atoms with Crippen LogP contribution in [0, 0.1) is 12.7 Å². The highest BCUT2D eigenvalue weighted by molar-refractivity contribution is 5.74. The standard InChI is InChI=1S/C16H21FN4O2/c1-10-7-13(23-20-10)9-18-16(22)19-11(2)14-8-12(17)5-6-15(14)21(3)4/h5-8,11H,9H2,1-4H3,(H2,18,19,22). The lowest BCUT2D eigenvalue weighted by molar-refractivity contribution is 0.236. The molecule has 2 rings (SSSR count). The van der Waals surface area contributed by atoms with Crippen molar-refractivity contribution in [2.45, 2.75) is 26.4 Å². The van der Waals surface area contributed by atoms with E-state index >= 15 is 0 Å². The highest BCUT2D eigenvalue weighted by atomic mass is 19.1. The summed E-state index contributed by atoms with van der Waals surface area (Å²) in [6.45, 7) is 3.85. The van der Waals surface area contributed by atoms with Gasteiger partial charge in [0.1, 0.15) is 5.82 Å². The van der Waals surface area contributed by atoms with Gasteiger partial charge in [-0.2, -0.15) is 0 Å². The molecule has 2 aromatic rings. The van der Waals surface area contributed by atoms with Gasteiger partial charge in [0.05, 0.1) is 18.3 Å². The molecule has 0 bridgehead atoms. The minimum atomic E-state index is -0.361. The molecule has 0 aliphatic rings. The molecule has 0 saturated carbocycles. The Morgan fingerprint density at radius 1 is 1.39 bits per heavy atom. The van der Waals surface area contributed by atoms with Crippen molar-refractivity contribution in [3.05, 3.63) is 47.1 Å². The first-order valence-corrected chi connectivity index (χ1v) is 7.30. The number of urea groups is 1. The van der Waals surface area contributed by atoms with Crippen LogP contribution in [0.4, 0.5) is 14.9 Å². The van der Waals surface area contributed by atoms with E-state index in [4.69, 9.17) is 4.52 Å². The molecule has 0 radical (unpaired) electrons. The summed E-state index contributed by atoms with van der Waals surface area (Å²) >= 11 is 0. The largest absolute Gasteiger partial charge is 0.377 e. The summed E-state index contributed by atoms with van der Waals surface area (Å²) in [6, 6.07) is 5.57. The average molecular weight is 320 g/mol. The summed E-state index contributed by atoms with van der Waals surface area (Å²) in [5.74, 6) is 0.238. The van der Waals surface area contributed by atoms with E-state index in [1.54, 1.807) is 19.1 Å².